The highest BCUT2D eigenvalue weighted by Gasteiger charge is 2.45. The van der Waals surface area contributed by atoms with Crippen molar-refractivity contribution in [2.45, 2.75) is 26.2 Å². The van der Waals surface area contributed by atoms with E-state index >= 15 is 0 Å². The fourth-order valence-corrected chi connectivity index (χ4v) is 8.76. The number of carbonyl (C=O) groups excluding carboxylic acids is 2. The molecule has 1 N–H and O–H groups in total. The van der Waals surface area contributed by atoms with Gasteiger partial charge in [0.15, 0.2) is 0 Å². The van der Waals surface area contributed by atoms with Crippen LogP contribution in [-0.4, -0.2) is 59.3 Å². The van der Waals surface area contributed by atoms with Crippen LogP contribution in [0.3, 0.4) is 0 Å². The summed E-state index contributed by atoms with van der Waals surface area (Å²) >= 11 is 1.72. The molecule has 1 spiro atoms. The second-order valence-electron chi connectivity index (χ2n) is 13.7. The predicted octanol–water partition coefficient (Wildman–Crippen LogP) is 7.51. The van der Waals surface area contributed by atoms with E-state index in [1.165, 1.54) is 10.4 Å². The van der Waals surface area contributed by atoms with E-state index in [-0.39, 0.29) is 17.2 Å². The largest absolute Gasteiger partial charge is 0.381 e. The van der Waals surface area contributed by atoms with Crippen molar-refractivity contribution in [1.82, 2.24) is 14.6 Å². The SMILES string of the molecule is Cc1cnc(N2CC3(CCOCC3)C2)c(C(=O)Nc2ccc(C(=O)N3CCc4cc(-c5cc6ccccn6n5)sc4-c4ccccc43)cc2)c1. The number of aromatic nitrogens is 3. The van der Waals surface area contributed by atoms with Crippen molar-refractivity contribution in [2.75, 3.05) is 48.0 Å². The summed E-state index contributed by atoms with van der Waals surface area (Å²) < 4.78 is 7.48. The van der Waals surface area contributed by atoms with Crippen LogP contribution < -0.4 is 15.1 Å². The van der Waals surface area contributed by atoms with E-state index in [9.17, 15) is 9.59 Å². The van der Waals surface area contributed by atoms with Gasteiger partial charge in [-0.25, -0.2) is 9.50 Å². The molecule has 0 unspecified atom stereocenters. The van der Waals surface area contributed by atoms with E-state index in [0.29, 0.717) is 23.4 Å². The van der Waals surface area contributed by atoms with Gasteiger partial charge in [0.25, 0.3) is 11.8 Å². The van der Waals surface area contributed by atoms with Gasteiger partial charge in [-0.2, -0.15) is 5.10 Å². The van der Waals surface area contributed by atoms with E-state index < -0.39 is 0 Å². The lowest BCUT2D eigenvalue weighted by molar-refractivity contribution is -0.000510. The number of anilines is 3. The van der Waals surface area contributed by atoms with Crippen LogP contribution in [0.2, 0.25) is 0 Å². The topological polar surface area (TPSA) is 92.1 Å². The molecular formula is C40H36N6O3S. The normalized spacial score (nSPS) is 16.4. The third-order valence-electron chi connectivity index (χ3n) is 10.3. The molecule has 6 aromatic rings. The van der Waals surface area contributed by atoms with Gasteiger partial charge >= 0.3 is 0 Å². The van der Waals surface area contributed by atoms with Crippen LogP contribution in [0.15, 0.2) is 97.3 Å². The van der Waals surface area contributed by atoms with E-state index in [1.807, 2.05) is 65.1 Å². The number of ether oxygens (including phenoxy) is 1. The number of fused-ring (bicyclic) bond motifs is 4. The number of hydrogen-bond acceptors (Lipinski definition) is 7. The maximum atomic E-state index is 14.1. The predicted molar refractivity (Wildman–Crippen MR) is 197 cm³/mol. The minimum absolute atomic E-state index is 0.0731. The van der Waals surface area contributed by atoms with Crippen molar-refractivity contribution in [2.24, 2.45) is 5.41 Å². The summed E-state index contributed by atoms with van der Waals surface area (Å²) in [6.07, 6.45) is 6.61. The smallest absolute Gasteiger partial charge is 0.259 e. The number of nitrogens with zero attached hydrogens (tertiary/aromatic N) is 5. The van der Waals surface area contributed by atoms with Gasteiger partial charge < -0.3 is 19.9 Å². The van der Waals surface area contributed by atoms with Gasteiger partial charge in [-0.05, 0) is 98.0 Å². The molecule has 10 heteroatoms. The minimum Gasteiger partial charge on any atom is -0.381 e. The number of hydrogen-bond donors (Lipinski definition) is 1. The molecule has 7 heterocycles. The summed E-state index contributed by atoms with van der Waals surface area (Å²) in [7, 11) is 0. The van der Waals surface area contributed by atoms with E-state index in [0.717, 1.165) is 84.3 Å². The summed E-state index contributed by atoms with van der Waals surface area (Å²) in [6, 6.07) is 27.6. The highest BCUT2D eigenvalue weighted by atomic mass is 32.1. The molecule has 0 saturated carbocycles. The number of aryl methyl sites for hydroxylation is 1. The zero-order valence-corrected chi connectivity index (χ0v) is 28.6. The molecule has 0 radical (unpaired) electrons. The Morgan fingerprint density at radius 1 is 0.940 bits per heavy atom. The molecule has 9 nitrogen and oxygen atoms in total. The van der Waals surface area contributed by atoms with Crippen LogP contribution in [0.25, 0.3) is 26.5 Å². The molecular weight excluding hydrogens is 645 g/mol. The highest BCUT2D eigenvalue weighted by Crippen LogP contribution is 2.45. The number of para-hydroxylation sites is 1. The summed E-state index contributed by atoms with van der Waals surface area (Å²) in [5.74, 6) is 0.436. The number of thiophene rings is 1. The van der Waals surface area contributed by atoms with Crippen molar-refractivity contribution < 1.29 is 14.3 Å². The maximum absolute atomic E-state index is 14.1. The summed E-state index contributed by atoms with van der Waals surface area (Å²) in [5.41, 5.74) is 8.11. The lowest BCUT2D eigenvalue weighted by Gasteiger charge is -2.53. The van der Waals surface area contributed by atoms with Crippen LogP contribution in [0, 0.1) is 12.3 Å². The van der Waals surface area contributed by atoms with Gasteiger partial charge in [0.05, 0.1) is 21.6 Å². The third kappa shape index (κ3) is 5.45. The standard InChI is InChI=1S/C40H36N6O3S/c1-26-20-32(37(41-23-26)44-24-40(25-44)14-18-49-19-15-40)38(47)42-29-11-9-27(10-12-29)39(48)45-17-13-28-21-35(33-22-30-6-4-5-16-46(30)43-33)50-36(28)31-7-2-3-8-34(31)45/h2-12,16,20-23H,13-15,17-19,24-25H2,1H3,(H,42,47). The zero-order chi connectivity index (χ0) is 33.8. The van der Waals surface area contributed by atoms with E-state index in [1.54, 1.807) is 35.6 Å². The maximum Gasteiger partial charge on any atom is 0.259 e. The molecule has 0 aliphatic carbocycles. The van der Waals surface area contributed by atoms with Crippen molar-refractivity contribution in [3.8, 4) is 21.0 Å². The molecule has 0 atom stereocenters. The Kier molecular flexibility index (Phi) is 7.51. The van der Waals surface area contributed by atoms with E-state index in [2.05, 4.69) is 39.5 Å². The van der Waals surface area contributed by atoms with Crippen molar-refractivity contribution in [3.05, 3.63) is 120 Å². The van der Waals surface area contributed by atoms with Crippen molar-refractivity contribution in [3.63, 3.8) is 0 Å². The molecule has 9 rings (SSSR count). The average Bonchev–Trinajstić information content (AvgIpc) is 3.73. The Hall–Kier alpha value is -5.32. The Labute approximate surface area is 294 Å². The molecule has 2 saturated heterocycles. The molecule has 2 fully saturated rings. The van der Waals surface area contributed by atoms with Gasteiger partial charge in [-0.3, -0.25) is 9.59 Å². The first-order valence-electron chi connectivity index (χ1n) is 17.1. The van der Waals surface area contributed by atoms with Crippen molar-refractivity contribution >= 4 is 45.9 Å². The molecule has 2 amide bonds. The lowest BCUT2D eigenvalue weighted by Crippen LogP contribution is -2.59. The van der Waals surface area contributed by atoms with Crippen molar-refractivity contribution in [1.29, 1.82) is 0 Å². The number of nitrogens with one attached hydrogen (secondary N) is 1. The third-order valence-corrected chi connectivity index (χ3v) is 11.5. The first-order valence-corrected chi connectivity index (χ1v) is 17.9. The van der Waals surface area contributed by atoms with Crippen LogP contribution in [0.5, 0.6) is 0 Å². The van der Waals surface area contributed by atoms with Gasteiger partial charge in [-0.1, -0.05) is 24.3 Å². The summed E-state index contributed by atoms with van der Waals surface area (Å²) in [6.45, 7) is 5.87. The molecule has 2 aromatic carbocycles. The molecule has 3 aliphatic heterocycles. The Morgan fingerprint density at radius 3 is 2.56 bits per heavy atom. The fourth-order valence-electron chi connectivity index (χ4n) is 7.56. The fraction of sp³-hybridized carbons (Fsp3) is 0.250. The van der Waals surface area contributed by atoms with Crippen LogP contribution in [-0.2, 0) is 11.2 Å². The molecule has 4 aromatic heterocycles. The summed E-state index contributed by atoms with van der Waals surface area (Å²) in [4.78, 5) is 38.7. The quantitative estimate of drug-likeness (QED) is 0.203. The molecule has 0 bridgehead atoms. The average molecular weight is 681 g/mol. The van der Waals surface area contributed by atoms with E-state index in [4.69, 9.17) is 9.84 Å². The number of carbonyl (C=O) groups is 2. The van der Waals surface area contributed by atoms with Crippen LogP contribution in [0.4, 0.5) is 17.2 Å². The number of benzene rings is 2. The number of rotatable bonds is 5. The highest BCUT2D eigenvalue weighted by molar-refractivity contribution is 7.19. The second kappa shape index (κ2) is 12.2. The molecule has 50 heavy (non-hydrogen) atoms. The number of amides is 2. The first kappa shape index (κ1) is 30.7. The van der Waals surface area contributed by atoms with Gasteiger partial charge in [-0.15, -0.1) is 11.3 Å². The van der Waals surface area contributed by atoms with Gasteiger partial charge in [0.1, 0.15) is 11.5 Å². The van der Waals surface area contributed by atoms with Crippen LogP contribution >= 0.6 is 11.3 Å². The van der Waals surface area contributed by atoms with Crippen LogP contribution in [0.1, 0.15) is 44.7 Å². The van der Waals surface area contributed by atoms with Gasteiger partial charge in [0, 0.05) is 72.3 Å². The lowest BCUT2D eigenvalue weighted by atomic mass is 9.73. The summed E-state index contributed by atoms with van der Waals surface area (Å²) in [5, 5.41) is 7.85. The zero-order valence-electron chi connectivity index (χ0n) is 27.8. The minimum atomic E-state index is -0.209. The van der Waals surface area contributed by atoms with Gasteiger partial charge in [0.2, 0.25) is 0 Å². The molecule has 250 valence electrons. The Balaban J connectivity index is 0.927. The second-order valence-corrected chi connectivity index (χ2v) is 14.7. The Bertz CT molecular complexity index is 2230. The Morgan fingerprint density at radius 2 is 1.74 bits per heavy atom. The number of pyridine rings is 2. The monoisotopic (exact) mass is 680 g/mol. The first-order chi connectivity index (χ1) is 24.4. The molecule has 3 aliphatic rings.